The molecule has 0 atom stereocenters. The summed E-state index contributed by atoms with van der Waals surface area (Å²) in [6.07, 6.45) is 3.09. The molecule has 3 nitrogen and oxygen atoms in total. The number of nitrogens with one attached hydrogen (secondary N) is 2. The van der Waals surface area contributed by atoms with E-state index < -0.39 is 0 Å². The first kappa shape index (κ1) is 10.7. The number of nitrogens with zero attached hydrogens (tertiary/aromatic N) is 1. The second-order valence-electron chi connectivity index (χ2n) is 3.42. The predicted octanol–water partition coefficient (Wildman–Crippen LogP) is 0.0573. The van der Waals surface area contributed by atoms with Gasteiger partial charge in [0.2, 0.25) is 0 Å². The second-order valence-corrected chi connectivity index (χ2v) is 3.42. The minimum Gasteiger partial charge on any atom is -0.314 e. The van der Waals surface area contributed by atoms with E-state index in [4.69, 9.17) is 0 Å². The highest BCUT2D eigenvalue weighted by Gasteiger charge is 2.04. The van der Waals surface area contributed by atoms with Gasteiger partial charge >= 0.3 is 0 Å². The quantitative estimate of drug-likeness (QED) is 0.606. The number of hydrogen-bond donors (Lipinski definition) is 2. The molecule has 76 valence electrons. The van der Waals surface area contributed by atoms with Crippen molar-refractivity contribution in [2.75, 3.05) is 45.8 Å². The first-order valence-electron chi connectivity index (χ1n) is 5.18. The Kier molecular flexibility index (Phi) is 5.81. The van der Waals surface area contributed by atoms with Gasteiger partial charge in [0.1, 0.15) is 0 Å². The lowest BCUT2D eigenvalue weighted by atomic mass is 10.3. The monoisotopic (exact) mass is 183 g/mol. The van der Waals surface area contributed by atoms with E-state index in [0.717, 1.165) is 52.2 Å². The van der Waals surface area contributed by atoms with E-state index in [9.17, 15) is 0 Å². The van der Waals surface area contributed by atoms with E-state index >= 15 is 0 Å². The predicted molar refractivity (Wildman–Crippen MR) is 57.0 cm³/mol. The molecule has 1 aliphatic heterocycles. The fraction of sp³-hybridized carbons (Fsp3) is 0.800. The van der Waals surface area contributed by atoms with Gasteiger partial charge in [-0.2, -0.15) is 0 Å². The molecule has 0 aromatic rings. The molecule has 0 unspecified atom stereocenters. The summed E-state index contributed by atoms with van der Waals surface area (Å²) in [7, 11) is 0. The zero-order chi connectivity index (χ0) is 9.36. The van der Waals surface area contributed by atoms with Crippen LogP contribution in [-0.4, -0.2) is 50.7 Å². The maximum Gasteiger partial charge on any atom is 0.0107 e. The van der Waals surface area contributed by atoms with Gasteiger partial charge in [-0.1, -0.05) is 6.08 Å². The van der Waals surface area contributed by atoms with Crippen molar-refractivity contribution in [3.63, 3.8) is 0 Å². The lowest BCUT2D eigenvalue weighted by molar-refractivity contribution is 0.286. The molecule has 1 fully saturated rings. The largest absolute Gasteiger partial charge is 0.314 e. The van der Waals surface area contributed by atoms with Crippen molar-refractivity contribution in [2.24, 2.45) is 0 Å². The topological polar surface area (TPSA) is 27.3 Å². The molecule has 1 rings (SSSR count). The zero-order valence-corrected chi connectivity index (χ0v) is 8.39. The van der Waals surface area contributed by atoms with E-state index in [1.165, 1.54) is 0 Å². The van der Waals surface area contributed by atoms with Crippen LogP contribution < -0.4 is 10.6 Å². The molecule has 1 heterocycles. The SMILES string of the molecule is C=CCCN1CCNCCNCC1. The Morgan fingerprint density at radius 2 is 1.69 bits per heavy atom. The molecule has 13 heavy (non-hydrogen) atoms. The van der Waals surface area contributed by atoms with E-state index in [2.05, 4.69) is 22.1 Å². The molecular weight excluding hydrogens is 162 g/mol. The van der Waals surface area contributed by atoms with Gasteiger partial charge in [0.05, 0.1) is 0 Å². The Morgan fingerprint density at radius 3 is 2.23 bits per heavy atom. The van der Waals surface area contributed by atoms with Crippen LogP contribution in [0.3, 0.4) is 0 Å². The van der Waals surface area contributed by atoms with Crippen LogP contribution in [0.5, 0.6) is 0 Å². The van der Waals surface area contributed by atoms with Gasteiger partial charge in [0.15, 0.2) is 0 Å². The summed E-state index contributed by atoms with van der Waals surface area (Å²) in [5.41, 5.74) is 0. The average molecular weight is 183 g/mol. The van der Waals surface area contributed by atoms with Crippen molar-refractivity contribution < 1.29 is 0 Å². The Bertz CT molecular complexity index is 126. The van der Waals surface area contributed by atoms with Gasteiger partial charge in [-0.15, -0.1) is 6.58 Å². The highest BCUT2D eigenvalue weighted by Crippen LogP contribution is 1.91. The van der Waals surface area contributed by atoms with Crippen molar-refractivity contribution in [1.29, 1.82) is 0 Å². The summed E-state index contributed by atoms with van der Waals surface area (Å²) in [6.45, 7) is 11.6. The highest BCUT2D eigenvalue weighted by molar-refractivity contribution is 4.72. The average Bonchev–Trinajstić information content (AvgIpc) is 2.28. The van der Waals surface area contributed by atoms with Gasteiger partial charge in [0.25, 0.3) is 0 Å². The molecule has 0 amide bonds. The summed E-state index contributed by atoms with van der Waals surface area (Å²) < 4.78 is 0. The lowest BCUT2D eigenvalue weighted by Gasteiger charge is -2.20. The molecule has 1 saturated heterocycles. The molecule has 2 N–H and O–H groups in total. The third-order valence-corrected chi connectivity index (χ3v) is 2.34. The summed E-state index contributed by atoms with van der Waals surface area (Å²) in [6, 6.07) is 0. The van der Waals surface area contributed by atoms with Crippen molar-refractivity contribution in [3.8, 4) is 0 Å². The van der Waals surface area contributed by atoms with Crippen LogP contribution in [-0.2, 0) is 0 Å². The van der Waals surface area contributed by atoms with Crippen LogP contribution in [0.4, 0.5) is 0 Å². The van der Waals surface area contributed by atoms with Crippen molar-refractivity contribution >= 4 is 0 Å². The fourth-order valence-corrected chi connectivity index (χ4v) is 1.51. The molecule has 0 aromatic carbocycles. The Balaban J connectivity index is 2.19. The van der Waals surface area contributed by atoms with Crippen LogP contribution >= 0.6 is 0 Å². The first-order valence-corrected chi connectivity index (χ1v) is 5.18. The molecular formula is C10H21N3. The third kappa shape index (κ3) is 5.03. The van der Waals surface area contributed by atoms with Crippen LogP contribution in [0.25, 0.3) is 0 Å². The summed E-state index contributed by atoms with van der Waals surface area (Å²) in [5.74, 6) is 0. The molecule has 0 spiro atoms. The van der Waals surface area contributed by atoms with Gasteiger partial charge in [-0.25, -0.2) is 0 Å². The normalized spacial score (nSPS) is 21.5. The van der Waals surface area contributed by atoms with Crippen LogP contribution in [0, 0.1) is 0 Å². The molecule has 1 aliphatic rings. The van der Waals surface area contributed by atoms with Crippen LogP contribution in [0.1, 0.15) is 6.42 Å². The number of rotatable bonds is 3. The van der Waals surface area contributed by atoms with Crippen molar-refractivity contribution in [3.05, 3.63) is 12.7 Å². The molecule has 0 aliphatic carbocycles. The summed E-state index contributed by atoms with van der Waals surface area (Å²) >= 11 is 0. The van der Waals surface area contributed by atoms with E-state index in [1.54, 1.807) is 0 Å². The van der Waals surface area contributed by atoms with Gasteiger partial charge in [-0.05, 0) is 6.42 Å². The second kappa shape index (κ2) is 7.06. The zero-order valence-electron chi connectivity index (χ0n) is 8.39. The standard InChI is InChI=1S/C10H21N3/c1-2-3-8-13-9-6-11-4-5-12-7-10-13/h2,11-12H,1,3-10H2. The Labute approximate surface area is 81.2 Å². The minimum absolute atomic E-state index is 1.09. The fourth-order valence-electron chi connectivity index (χ4n) is 1.51. The third-order valence-electron chi connectivity index (χ3n) is 2.34. The van der Waals surface area contributed by atoms with Crippen molar-refractivity contribution in [2.45, 2.75) is 6.42 Å². The molecule has 0 radical (unpaired) electrons. The van der Waals surface area contributed by atoms with Crippen molar-refractivity contribution in [1.82, 2.24) is 15.5 Å². The van der Waals surface area contributed by atoms with E-state index in [0.29, 0.717) is 0 Å². The highest BCUT2D eigenvalue weighted by atomic mass is 15.2. The van der Waals surface area contributed by atoms with Gasteiger partial charge in [0, 0.05) is 45.8 Å². The van der Waals surface area contributed by atoms with Crippen LogP contribution in [0.15, 0.2) is 12.7 Å². The van der Waals surface area contributed by atoms with E-state index in [1.807, 2.05) is 6.08 Å². The summed E-state index contributed by atoms with van der Waals surface area (Å²) in [4.78, 5) is 2.48. The molecule has 3 heteroatoms. The Morgan fingerprint density at radius 1 is 1.08 bits per heavy atom. The molecule has 0 saturated carbocycles. The molecule has 0 bridgehead atoms. The summed E-state index contributed by atoms with van der Waals surface area (Å²) in [5, 5.41) is 6.81. The Hall–Kier alpha value is -0.380. The lowest BCUT2D eigenvalue weighted by Crippen LogP contribution is -2.34. The van der Waals surface area contributed by atoms with Crippen LogP contribution in [0.2, 0.25) is 0 Å². The smallest absolute Gasteiger partial charge is 0.0107 e. The first-order chi connectivity index (χ1) is 6.43. The molecule has 0 aromatic heterocycles. The van der Waals surface area contributed by atoms with E-state index in [-0.39, 0.29) is 0 Å². The maximum atomic E-state index is 3.75. The van der Waals surface area contributed by atoms with Gasteiger partial charge in [-0.3, -0.25) is 0 Å². The number of hydrogen-bond acceptors (Lipinski definition) is 3. The minimum atomic E-state index is 1.09. The maximum absolute atomic E-state index is 3.75. The van der Waals surface area contributed by atoms with Gasteiger partial charge < -0.3 is 15.5 Å².